The fraction of sp³-hybridized carbons (Fsp3) is 0.538. The van der Waals surface area contributed by atoms with Gasteiger partial charge in [0.25, 0.3) is 5.91 Å². The zero-order valence-corrected chi connectivity index (χ0v) is 9.98. The molecule has 1 aromatic rings. The van der Waals surface area contributed by atoms with E-state index in [0.29, 0.717) is 23.7 Å². The summed E-state index contributed by atoms with van der Waals surface area (Å²) in [4.78, 5) is 18.5. The number of piperidine rings is 1. The molecule has 2 aliphatic rings. The van der Waals surface area contributed by atoms with Crippen LogP contribution in [0.15, 0.2) is 22.8 Å². The Hall–Kier alpha value is -1.58. The molecule has 1 aromatic heterocycles. The van der Waals surface area contributed by atoms with Gasteiger partial charge in [-0.25, -0.2) is 4.98 Å². The predicted molar refractivity (Wildman–Crippen MR) is 62.6 cm³/mol. The smallest absolute Gasteiger partial charge is 0.276 e. The average molecular weight is 232 g/mol. The van der Waals surface area contributed by atoms with Crippen molar-refractivity contribution in [2.24, 2.45) is 0 Å². The number of hydrogen-bond donors (Lipinski definition) is 0. The molecule has 1 amide bonds. The van der Waals surface area contributed by atoms with E-state index in [1.165, 1.54) is 11.8 Å². The number of oxazole rings is 1. The van der Waals surface area contributed by atoms with E-state index in [4.69, 9.17) is 4.42 Å². The van der Waals surface area contributed by atoms with Crippen molar-refractivity contribution in [2.45, 2.75) is 44.7 Å². The summed E-state index contributed by atoms with van der Waals surface area (Å²) in [5.41, 5.74) is 1.71. The first-order valence-corrected chi connectivity index (χ1v) is 6.06. The third-order valence-corrected chi connectivity index (χ3v) is 3.74. The van der Waals surface area contributed by atoms with Crippen molar-refractivity contribution in [1.82, 2.24) is 9.88 Å². The molecule has 2 unspecified atom stereocenters. The molecule has 2 saturated heterocycles. The fourth-order valence-corrected chi connectivity index (χ4v) is 3.04. The van der Waals surface area contributed by atoms with Crippen LogP contribution >= 0.6 is 0 Å². The van der Waals surface area contributed by atoms with Gasteiger partial charge in [-0.1, -0.05) is 12.2 Å². The number of carbonyl (C=O) groups is 1. The van der Waals surface area contributed by atoms with Gasteiger partial charge in [0, 0.05) is 19.0 Å². The molecule has 0 aromatic carbocycles. The zero-order chi connectivity index (χ0) is 12.0. The molecule has 3 rings (SSSR count). The van der Waals surface area contributed by atoms with Crippen LogP contribution in [-0.4, -0.2) is 27.9 Å². The Morgan fingerprint density at radius 2 is 2.12 bits per heavy atom. The van der Waals surface area contributed by atoms with Crippen LogP contribution in [0.25, 0.3) is 0 Å². The molecule has 17 heavy (non-hydrogen) atoms. The van der Waals surface area contributed by atoms with Crippen molar-refractivity contribution < 1.29 is 9.21 Å². The lowest BCUT2D eigenvalue weighted by Crippen LogP contribution is -2.44. The van der Waals surface area contributed by atoms with Crippen LogP contribution < -0.4 is 0 Å². The number of fused-ring (bicyclic) bond motifs is 2. The molecule has 2 aliphatic heterocycles. The minimum absolute atomic E-state index is 0.0156. The lowest BCUT2D eigenvalue weighted by Gasteiger charge is -2.35. The number of nitrogens with zero attached hydrogens (tertiary/aromatic N) is 2. The van der Waals surface area contributed by atoms with E-state index in [-0.39, 0.29) is 5.91 Å². The molecule has 4 nitrogen and oxygen atoms in total. The van der Waals surface area contributed by atoms with Crippen LogP contribution in [0.3, 0.4) is 0 Å². The van der Waals surface area contributed by atoms with Gasteiger partial charge in [0.05, 0.1) is 0 Å². The van der Waals surface area contributed by atoms with Crippen molar-refractivity contribution in [3.8, 4) is 0 Å². The van der Waals surface area contributed by atoms with Crippen LogP contribution in [0.4, 0.5) is 0 Å². The van der Waals surface area contributed by atoms with E-state index in [1.807, 2.05) is 4.90 Å². The second-order valence-corrected chi connectivity index (χ2v) is 5.01. The standard InChI is InChI=1S/C13H16N2O2/c1-8-5-10-3-4-11(6-8)15(10)13(16)12-7-17-9(2)14-12/h7,10-11H,1,3-6H2,2H3. The molecule has 0 aliphatic carbocycles. The second kappa shape index (κ2) is 3.72. The zero-order valence-electron chi connectivity index (χ0n) is 9.98. The lowest BCUT2D eigenvalue weighted by molar-refractivity contribution is 0.0629. The molecular weight excluding hydrogens is 216 g/mol. The van der Waals surface area contributed by atoms with E-state index in [0.717, 1.165) is 25.7 Å². The van der Waals surface area contributed by atoms with Crippen LogP contribution in [0, 0.1) is 6.92 Å². The molecule has 3 heterocycles. The number of hydrogen-bond acceptors (Lipinski definition) is 3. The number of aryl methyl sites for hydroxylation is 1. The van der Waals surface area contributed by atoms with Crippen LogP contribution in [0.2, 0.25) is 0 Å². The highest BCUT2D eigenvalue weighted by atomic mass is 16.3. The first-order valence-electron chi connectivity index (χ1n) is 6.06. The SMILES string of the molecule is C=C1CC2CCC(C1)N2C(=O)c1coc(C)n1. The molecule has 0 spiro atoms. The average Bonchev–Trinajstić information content (AvgIpc) is 2.81. The van der Waals surface area contributed by atoms with Crippen molar-refractivity contribution >= 4 is 5.91 Å². The quantitative estimate of drug-likeness (QED) is 0.698. The molecule has 0 radical (unpaired) electrons. The number of aromatic nitrogens is 1. The van der Waals surface area contributed by atoms with Crippen LogP contribution in [0.5, 0.6) is 0 Å². The highest BCUT2D eigenvalue weighted by Gasteiger charge is 2.41. The molecule has 2 fully saturated rings. The van der Waals surface area contributed by atoms with E-state index in [9.17, 15) is 4.79 Å². The maximum atomic E-state index is 12.4. The molecule has 0 saturated carbocycles. The number of amides is 1. The Kier molecular flexibility index (Phi) is 2.31. The van der Waals surface area contributed by atoms with Gasteiger partial charge in [0.1, 0.15) is 6.26 Å². The minimum Gasteiger partial charge on any atom is -0.448 e. The van der Waals surface area contributed by atoms with Crippen LogP contribution in [0.1, 0.15) is 42.1 Å². The summed E-state index contributed by atoms with van der Waals surface area (Å²) < 4.78 is 5.11. The lowest BCUT2D eigenvalue weighted by atomic mass is 9.98. The van der Waals surface area contributed by atoms with Gasteiger partial charge in [-0.3, -0.25) is 4.79 Å². The summed E-state index contributed by atoms with van der Waals surface area (Å²) in [6.45, 7) is 5.81. The third kappa shape index (κ3) is 1.68. The Morgan fingerprint density at radius 3 is 2.65 bits per heavy atom. The van der Waals surface area contributed by atoms with Gasteiger partial charge < -0.3 is 9.32 Å². The van der Waals surface area contributed by atoms with E-state index in [2.05, 4.69) is 11.6 Å². The summed E-state index contributed by atoms with van der Waals surface area (Å²) in [6.07, 6.45) is 5.53. The van der Waals surface area contributed by atoms with Gasteiger partial charge in [0.15, 0.2) is 11.6 Å². The summed E-state index contributed by atoms with van der Waals surface area (Å²) in [6, 6.07) is 0.650. The van der Waals surface area contributed by atoms with Crippen molar-refractivity contribution in [2.75, 3.05) is 0 Å². The van der Waals surface area contributed by atoms with Crippen molar-refractivity contribution in [1.29, 1.82) is 0 Å². The van der Waals surface area contributed by atoms with Gasteiger partial charge in [-0.2, -0.15) is 0 Å². The van der Waals surface area contributed by atoms with Crippen molar-refractivity contribution in [3.05, 3.63) is 30.0 Å². The maximum Gasteiger partial charge on any atom is 0.276 e. The Bertz CT molecular complexity index is 462. The highest BCUT2D eigenvalue weighted by molar-refractivity contribution is 5.92. The van der Waals surface area contributed by atoms with Gasteiger partial charge in [-0.05, 0) is 25.7 Å². The molecule has 0 N–H and O–H groups in total. The largest absolute Gasteiger partial charge is 0.448 e. The summed E-state index contributed by atoms with van der Waals surface area (Å²) in [7, 11) is 0. The Morgan fingerprint density at radius 1 is 1.47 bits per heavy atom. The molecule has 4 heteroatoms. The molecule has 2 atom stereocenters. The highest BCUT2D eigenvalue weighted by Crippen LogP contribution is 2.38. The first kappa shape index (κ1) is 10.6. The van der Waals surface area contributed by atoms with E-state index >= 15 is 0 Å². The third-order valence-electron chi connectivity index (χ3n) is 3.74. The summed E-state index contributed by atoms with van der Waals surface area (Å²) in [5.74, 6) is 0.559. The predicted octanol–water partition coefficient (Wildman–Crippen LogP) is 2.31. The number of rotatable bonds is 1. The van der Waals surface area contributed by atoms with Gasteiger partial charge in [0.2, 0.25) is 0 Å². The first-order chi connectivity index (χ1) is 8.15. The Labute approximate surface area is 100 Å². The van der Waals surface area contributed by atoms with Gasteiger partial charge in [-0.15, -0.1) is 0 Å². The van der Waals surface area contributed by atoms with Gasteiger partial charge >= 0.3 is 0 Å². The molecule has 90 valence electrons. The topological polar surface area (TPSA) is 46.3 Å². The Balaban J connectivity index is 1.86. The summed E-state index contributed by atoms with van der Waals surface area (Å²) in [5, 5.41) is 0. The number of carbonyl (C=O) groups excluding carboxylic acids is 1. The molecular formula is C13H16N2O2. The monoisotopic (exact) mass is 232 g/mol. The summed E-state index contributed by atoms with van der Waals surface area (Å²) >= 11 is 0. The van der Waals surface area contributed by atoms with Crippen LogP contribution in [-0.2, 0) is 0 Å². The van der Waals surface area contributed by atoms with E-state index < -0.39 is 0 Å². The normalized spacial score (nSPS) is 27.6. The van der Waals surface area contributed by atoms with E-state index in [1.54, 1.807) is 6.92 Å². The molecule has 2 bridgehead atoms. The second-order valence-electron chi connectivity index (χ2n) is 5.01. The minimum atomic E-state index is 0.0156. The van der Waals surface area contributed by atoms with Crippen molar-refractivity contribution in [3.63, 3.8) is 0 Å². The fourth-order valence-electron chi connectivity index (χ4n) is 3.04. The maximum absolute atomic E-state index is 12.4.